The Morgan fingerprint density at radius 1 is 0.963 bits per heavy atom. The zero-order valence-electron chi connectivity index (χ0n) is 15.5. The number of rotatable bonds is 3. The first-order valence-corrected chi connectivity index (χ1v) is 8.83. The van der Waals surface area contributed by atoms with E-state index in [9.17, 15) is 14.4 Å². The van der Waals surface area contributed by atoms with Crippen LogP contribution in [0.25, 0.3) is 0 Å². The number of aromatic nitrogens is 2. The van der Waals surface area contributed by atoms with Gasteiger partial charge in [0.25, 0.3) is 11.5 Å². The Hall–Kier alpha value is -3.16. The maximum Gasteiger partial charge on any atom is 0.319 e. The van der Waals surface area contributed by atoms with Gasteiger partial charge >= 0.3 is 6.03 Å². The Morgan fingerprint density at radius 3 is 2.22 bits per heavy atom. The number of piperazine rings is 1. The molecule has 0 aliphatic carbocycles. The molecular weight excluding hydrogens is 346 g/mol. The molecule has 0 unspecified atom stereocenters. The lowest BCUT2D eigenvalue weighted by Gasteiger charge is -2.35. The Kier molecular flexibility index (Phi) is 5.54. The van der Waals surface area contributed by atoms with Gasteiger partial charge in [-0.2, -0.15) is 5.10 Å². The fraction of sp³-hybridized carbons (Fsp3) is 0.368. The average Bonchev–Trinajstić information content (AvgIpc) is 2.69. The van der Waals surface area contributed by atoms with Gasteiger partial charge in [-0.1, -0.05) is 30.3 Å². The van der Waals surface area contributed by atoms with Crippen LogP contribution in [0, 0.1) is 0 Å². The lowest BCUT2D eigenvalue weighted by molar-refractivity contribution is 0.0642. The van der Waals surface area contributed by atoms with Gasteiger partial charge in [-0.3, -0.25) is 9.59 Å². The third-order valence-corrected chi connectivity index (χ3v) is 4.48. The number of hydrogen-bond acceptors (Lipinski definition) is 4. The van der Waals surface area contributed by atoms with Crippen molar-refractivity contribution >= 4 is 11.9 Å². The molecule has 1 aromatic heterocycles. The zero-order valence-corrected chi connectivity index (χ0v) is 15.5. The van der Waals surface area contributed by atoms with Gasteiger partial charge in [0.05, 0.1) is 6.54 Å². The summed E-state index contributed by atoms with van der Waals surface area (Å²) < 4.78 is 1.30. The van der Waals surface area contributed by atoms with Crippen molar-refractivity contribution in [2.75, 3.05) is 40.3 Å². The molecule has 0 saturated carbocycles. The van der Waals surface area contributed by atoms with Gasteiger partial charge in [-0.25, -0.2) is 9.48 Å². The maximum absolute atomic E-state index is 12.8. The zero-order chi connectivity index (χ0) is 19.4. The summed E-state index contributed by atoms with van der Waals surface area (Å²) in [6.45, 7) is 2.15. The summed E-state index contributed by atoms with van der Waals surface area (Å²) in [6.07, 6.45) is 0. The summed E-state index contributed by atoms with van der Waals surface area (Å²) in [7, 11) is 3.42. The fourth-order valence-electron chi connectivity index (χ4n) is 2.98. The van der Waals surface area contributed by atoms with Crippen molar-refractivity contribution in [3.63, 3.8) is 0 Å². The second kappa shape index (κ2) is 8.03. The van der Waals surface area contributed by atoms with Crippen LogP contribution in [0.15, 0.2) is 47.3 Å². The number of amides is 3. The Balaban J connectivity index is 1.70. The molecule has 142 valence electrons. The minimum Gasteiger partial charge on any atom is -0.334 e. The number of benzene rings is 1. The van der Waals surface area contributed by atoms with Gasteiger partial charge in [0.2, 0.25) is 0 Å². The van der Waals surface area contributed by atoms with Crippen molar-refractivity contribution in [3.8, 4) is 0 Å². The van der Waals surface area contributed by atoms with Crippen LogP contribution in [0.2, 0.25) is 0 Å². The summed E-state index contributed by atoms with van der Waals surface area (Å²) in [6, 6.07) is 12.3. The SMILES string of the molecule is CN(C)C(=O)N1CCN(C(=O)c2ccc(=O)n(Cc3ccccc3)n2)CC1. The molecule has 1 aliphatic rings. The van der Waals surface area contributed by atoms with E-state index in [2.05, 4.69) is 5.10 Å². The van der Waals surface area contributed by atoms with Crippen molar-refractivity contribution in [1.29, 1.82) is 0 Å². The van der Waals surface area contributed by atoms with E-state index < -0.39 is 0 Å². The molecule has 1 aliphatic heterocycles. The molecule has 0 atom stereocenters. The summed E-state index contributed by atoms with van der Waals surface area (Å²) in [5, 5.41) is 4.25. The molecule has 8 heteroatoms. The number of carbonyl (C=O) groups excluding carboxylic acids is 2. The molecular formula is C19H23N5O3. The normalized spacial score (nSPS) is 14.1. The quantitative estimate of drug-likeness (QED) is 0.799. The average molecular weight is 369 g/mol. The minimum absolute atomic E-state index is 0.0587. The third kappa shape index (κ3) is 4.33. The number of nitrogens with zero attached hydrogens (tertiary/aromatic N) is 5. The molecule has 3 amide bonds. The van der Waals surface area contributed by atoms with Gasteiger partial charge in [0.1, 0.15) is 5.69 Å². The Morgan fingerprint density at radius 2 is 1.59 bits per heavy atom. The first-order chi connectivity index (χ1) is 13.0. The van der Waals surface area contributed by atoms with E-state index in [0.29, 0.717) is 32.7 Å². The molecule has 1 fully saturated rings. The largest absolute Gasteiger partial charge is 0.334 e. The molecule has 0 radical (unpaired) electrons. The second-order valence-corrected chi connectivity index (χ2v) is 6.66. The van der Waals surface area contributed by atoms with Crippen molar-refractivity contribution in [1.82, 2.24) is 24.5 Å². The monoisotopic (exact) mass is 369 g/mol. The molecule has 0 bridgehead atoms. The van der Waals surface area contributed by atoms with Gasteiger partial charge in [0.15, 0.2) is 0 Å². The maximum atomic E-state index is 12.8. The van der Waals surface area contributed by atoms with Gasteiger partial charge in [-0.05, 0) is 11.6 Å². The van der Waals surface area contributed by atoms with Crippen LogP contribution in [0.5, 0.6) is 0 Å². The molecule has 1 aromatic carbocycles. The minimum atomic E-state index is -0.253. The first kappa shape index (κ1) is 18.6. The number of urea groups is 1. The van der Waals surface area contributed by atoms with E-state index in [1.807, 2.05) is 30.3 Å². The van der Waals surface area contributed by atoms with Crippen LogP contribution < -0.4 is 5.56 Å². The van der Waals surface area contributed by atoms with E-state index in [1.165, 1.54) is 21.7 Å². The molecule has 3 rings (SSSR count). The van der Waals surface area contributed by atoms with Crippen molar-refractivity contribution in [2.24, 2.45) is 0 Å². The number of carbonyl (C=O) groups is 2. The van der Waals surface area contributed by atoms with E-state index in [1.54, 1.807) is 23.9 Å². The lowest BCUT2D eigenvalue weighted by Crippen LogP contribution is -2.53. The fourth-order valence-corrected chi connectivity index (χ4v) is 2.98. The van der Waals surface area contributed by atoms with Crippen molar-refractivity contribution < 1.29 is 9.59 Å². The molecule has 0 spiro atoms. The summed E-state index contributed by atoms with van der Waals surface area (Å²) in [4.78, 5) is 41.7. The highest BCUT2D eigenvalue weighted by atomic mass is 16.2. The molecule has 2 aromatic rings. The predicted octanol–water partition coefficient (Wildman–Crippen LogP) is 0.731. The van der Waals surface area contributed by atoms with E-state index in [4.69, 9.17) is 0 Å². The first-order valence-electron chi connectivity index (χ1n) is 8.83. The molecule has 27 heavy (non-hydrogen) atoms. The third-order valence-electron chi connectivity index (χ3n) is 4.48. The lowest BCUT2D eigenvalue weighted by atomic mass is 10.2. The highest BCUT2D eigenvalue weighted by molar-refractivity contribution is 5.92. The highest BCUT2D eigenvalue weighted by Crippen LogP contribution is 2.08. The summed E-state index contributed by atoms with van der Waals surface area (Å²) >= 11 is 0. The van der Waals surface area contributed by atoms with E-state index >= 15 is 0 Å². The van der Waals surface area contributed by atoms with Crippen LogP contribution in [0.3, 0.4) is 0 Å². The predicted molar refractivity (Wildman–Crippen MR) is 101 cm³/mol. The molecule has 2 heterocycles. The molecule has 1 saturated heterocycles. The van der Waals surface area contributed by atoms with Crippen LogP contribution in [-0.2, 0) is 6.54 Å². The van der Waals surface area contributed by atoms with Gasteiger partial charge in [0, 0.05) is 46.3 Å². The Bertz CT molecular complexity index is 870. The van der Waals surface area contributed by atoms with Crippen LogP contribution >= 0.6 is 0 Å². The Labute approximate surface area is 157 Å². The van der Waals surface area contributed by atoms with Crippen molar-refractivity contribution in [3.05, 3.63) is 64.1 Å². The van der Waals surface area contributed by atoms with Crippen LogP contribution in [0.4, 0.5) is 4.79 Å². The van der Waals surface area contributed by atoms with E-state index in [-0.39, 0.29) is 23.2 Å². The second-order valence-electron chi connectivity index (χ2n) is 6.66. The topological polar surface area (TPSA) is 78.8 Å². The standard InChI is InChI=1S/C19H23N5O3/c1-21(2)19(27)23-12-10-22(11-13-23)18(26)16-8-9-17(25)24(20-16)14-15-6-4-3-5-7-15/h3-9H,10-14H2,1-2H3. The summed E-state index contributed by atoms with van der Waals surface area (Å²) in [5.74, 6) is -0.228. The van der Waals surface area contributed by atoms with Gasteiger partial charge < -0.3 is 14.7 Å². The van der Waals surface area contributed by atoms with Crippen molar-refractivity contribution in [2.45, 2.75) is 6.54 Å². The molecule has 8 nitrogen and oxygen atoms in total. The van der Waals surface area contributed by atoms with Gasteiger partial charge in [-0.15, -0.1) is 0 Å². The highest BCUT2D eigenvalue weighted by Gasteiger charge is 2.26. The number of hydrogen-bond donors (Lipinski definition) is 0. The van der Waals surface area contributed by atoms with Crippen LogP contribution in [-0.4, -0.2) is 76.7 Å². The smallest absolute Gasteiger partial charge is 0.319 e. The van der Waals surface area contributed by atoms with E-state index in [0.717, 1.165) is 5.56 Å². The summed E-state index contributed by atoms with van der Waals surface area (Å²) in [5.41, 5.74) is 0.919. The van der Waals surface area contributed by atoms with Crippen LogP contribution in [0.1, 0.15) is 16.1 Å². The molecule has 0 N–H and O–H groups in total.